The molecule has 0 bridgehead atoms. The van der Waals surface area contributed by atoms with E-state index in [1.165, 1.54) is 0 Å². The van der Waals surface area contributed by atoms with Crippen LogP contribution < -0.4 is 19.7 Å². The second-order valence-corrected chi connectivity index (χ2v) is 4.57. The third-order valence-corrected chi connectivity index (χ3v) is 3.14. The Hall–Kier alpha value is -2.35. The van der Waals surface area contributed by atoms with Crippen LogP contribution in [0.15, 0.2) is 18.2 Å². The standard InChI is InChI=1S/C16H20N2O3/c1-3-4-5-11-21-15-12-13(7-8-14(15)20-2)18-10-6-9-17-16(18)19/h7-8,12H,3,6,9-11H2,1-2H3,(H,17,19). The van der Waals surface area contributed by atoms with E-state index in [2.05, 4.69) is 17.2 Å². The molecule has 0 spiro atoms. The molecule has 0 atom stereocenters. The van der Waals surface area contributed by atoms with Crippen LogP contribution in [0.25, 0.3) is 0 Å². The lowest BCUT2D eigenvalue weighted by Gasteiger charge is -2.28. The van der Waals surface area contributed by atoms with E-state index in [9.17, 15) is 4.79 Å². The number of nitrogens with one attached hydrogen (secondary N) is 1. The first kappa shape index (κ1) is 15.0. The Labute approximate surface area is 125 Å². The van der Waals surface area contributed by atoms with Gasteiger partial charge in [-0.3, -0.25) is 4.90 Å². The van der Waals surface area contributed by atoms with Crippen molar-refractivity contribution in [2.45, 2.75) is 19.8 Å². The van der Waals surface area contributed by atoms with Crippen molar-refractivity contribution in [2.75, 3.05) is 31.7 Å². The first-order valence-electron chi connectivity index (χ1n) is 7.08. The van der Waals surface area contributed by atoms with Crippen LogP contribution in [0, 0.1) is 11.8 Å². The molecule has 1 aliphatic heterocycles. The molecule has 112 valence electrons. The van der Waals surface area contributed by atoms with Crippen molar-refractivity contribution in [3.05, 3.63) is 18.2 Å². The van der Waals surface area contributed by atoms with Crippen molar-refractivity contribution < 1.29 is 14.3 Å². The summed E-state index contributed by atoms with van der Waals surface area (Å²) in [6.45, 7) is 3.72. The Morgan fingerprint density at radius 1 is 1.33 bits per heavy atom. The average Bonchev–Trinajstić information content (AvgIpc) is 2.52. The topological polar surface area (TPSA) is 50.8 Å². The zero-order chi connectivity index (χ0) is 15.1. The lowest BCUT2D eigenvalue weighted by atomic mass is 10.2. The van der Waals surface area contributed by atoms with Crippen LogP contribution in [-0.4, -0.2) is 32.8 Å². The molecule has 1 saturated heterocycles. The molecule has 1 aliphatic rings. The van der Waals surface area contributed by atoms with Gasteiger partial charge < -0.3 is 14.8 Å². The van der Waals surface area contributed by atoms with Gasteiger partial charge in [-0.15, -0.1) is 5.92 Å². The fourth-order valence-electron chi connectivity index (χ4n) is 2.11. The number of benzene rings is 1. The SMILES string of the molecule is CCC#CCOc1cc(N2CCCNC2=O)ccc1OC. The lowest BCUT2D eigenvalue weighted by Crippen LogP contribution is -2.46. The van der Waals surface area contributed by atoms with Crippen molar-refractivity contribution in [1.82, 2.24) is 5.32 Å². The highest BCUT2D eigenvalue weighted by Crippen LogP contribution is 2.32. The number of anilines is 1. The van der Waals surface area contributed by atoms with Crippen LogP contribution >= 0.6 is 0 Å². The van der Waals surface area contributed by atoms with Gasteiger partial charge in [-0.05, 0) is 18.6 Å². The summed E-state index contributed by atoms with van der Waals surface area (Å²) < 4.78 is 10.9. The second kappa shape index (κ2) is 7.44. The fraction of sp³-hybridized carbons (Fsp3) is 0.438. The zero-order valence-corrected chi connectivity index (χ0v) is 12.4. The van der Waals surface area contributed by atoms with Crippen molar-refractivity contribution in [1.29, 1.82) is 0 Å². The molecule has 1 N–H and O–H groups in total. The van der Waals surface area contributed by atoms with Crippen LogP contribution in [-0.2, 0) is 0 Å². The monoisotopic (exact) mass is 288 g/mol. The molecule has 2 amide bonds. The molecule has 0 aliphatic carbocycles. The molecule has 0 aromatic heterocycles. The third-order valence-electron chi connectivity index (χ3n) is 3.14. The average molecular weight is 288 g/mol. The summed E-state index contributed by atoms with van der Waals surface area (Å²) in [4.78, 5) is 13.6. The summed E-state index contributed by atoms with van der Waals surface area (Å²) in [5.74, 6) is 7.10. The molecule has 0 saturated carbocycles. The number of hydrogen-bond acceptors (Lipinski definition) is 3. The van der Waals surface area contributed by atoms with E-state index < -0.39 is 0 Å². The van der Waals surface area contributed by atoms with Gasteiger partial charge in [0.15, 0.2) is 11.5 Å². The van der Waals surface area contributed by atoms with Gasteiger partial charge in [0, 0.05) is 31.3 Å². The highest BCUT2D eigenvalue weighted by Gasteiger charge is 2.20. The van der Waals surface area contributed by atoms with Gasteiger partial charge in [-0.1, -0.05) is 12.8 Å². The quantitative estimate of drug-likeness (QED) is 0.866. The number of carbonyl (C=O) groups is 1. The minimum atomic E-state index is -0.0804. The number of hydrogen-bond donors (Lipinski definition) is 1. The molecule has 2 rings (SSSR count). The molecule has 1 fully saturated rings. The normalized spacial score (nSPS) is 14.0. The predicted octanol–water partition coefficient (Wildman–Crippen LogP) is 2.41. The fourth-order valence-corrected chi connectivity index (χ4v) is 2.11. The van der Waals surface area contributed by atoms with E-state index in [0.717, 1.165) is 25.1 Å². The number of nitrogens with zero attached hydrogens (tertiary/aromatic N) is 1. The van der Waals surface area contributed by atoms with E-state index in [0.29, 0.717) is 24.7 Å². The number of rotatable bonds is 4. The molecule has 1 aromatic rings. The van der Waals surface area contributed by atoms with E-state index in [1.807, 2.05) is 19.1 Å². The molecule has 1 aromatic carbocycles. The number of urea groups is 1. The first-order valence-corrected chi connectivity index (χ1v) is 7.08. The highest BCUT2D eigenvalue weighted by molar-refractivity contribution is 5.93. The van der Waals surface area contributed by atoms with E-state index in [1.54, 1.807) is 18.1 Å². The number of methoxy groups -OCH3 is 1. The van der Waals surface area contributed by atoms with Crippen LogP contribution in [0.4, 0.5) is 10.5 Å². The summed E-state index contributed by atoms with van der Waals surface area (Å²) >= 11 is 0. The number of carbonyl (C=O) groups excluding carboxylic acids is 1. The van der Waals surface area contributed by atoms with E-state index >= 15 is 0 Å². The molecular weight excluding hydrogens is 268 g/mol. The lowest BCUT2D eigenvalue weighted by molar-refractivity contribution is 0.243. The van der Waals surface area contributed by atoms with Crippen molar-refractivity contribution >= 4 is 11.7 Å². The first-order chi connectivity index (χ1) is 10.3. The predicted molar refractivity (Wildman–Crippen MR) is 81.9 cm³/mol. The summed E-state index contributed by atoms with van der Waals surface area (Å²) in [5.41, 5.74) is 0.798. The maximum atomic E-state index is 11.9. The Morgan fingerprint density at radius 3 is 2.90 bits per heavy atom. The summed E-state index contributed by atoms with van der Waals surface area (Å²) in [6, 6.07) is 5.40. The van der Waals surface area contributed by atoms with Gasteiger partial charge in [-0.2, -0.15) is 0 Å². The van der Waals surface area contributed by atoms with Gasteiger partial charge >= 0.3 is 6.03 Å². The van der Waals surface area contributed by atoms with Crippen LogP contribution in [0.3, 0.4) is 0 Å². The minimum absolute atomic E-state index is 0.0804. The Bertz CT molecular complexity index is 560. The van der Waals surface area contributed by atoms with Crippen molar-refractivity contribution in [3.63, 3.8) is 0 Å². The smallest absolute Gasteiger partial charge is 0.321 e. The van der Waals surface area contributed by atoms with Crippen LogP contribution in [0.5, 0.6) is 11.5 Å². The van der Waals surface area contributed by atoms with Gasteiger partial charge in [0.25, 0.3) is 0 Å². The Kier molecular flexibility index (Phi) is 5.33. The Balaban J connectivity index is 2.17. The molecule has 5 nitrogen and oxygen atoms in total. The Morgan fingerprint density at radius 2 is 2.19 bits per heavy atom. The maximum absolute atomic E-state index is 11.9. The van der Waals surface area contributed by atoms with Gasteiger partial charge in [0.05, 0.1) is 7.11 Å². The highest BCUT2D eigenvalue weighted by atomic mass is 16.5. The largest absolute Gasteiger partial charge is 0.493 e. The molecule has 0 radical (unpaired) electrons. The minimum Gasteiger partial charge on any atom is -0.493 e. The van der Waals surface area contributed by atoms with Gasteiger partial charge in [0.2, 0.25) is 0 Å². The van der Waals surface area contributed by atoms with Crippen molar-refractivity contribution in [3.8, 4) is 23.3 Å². The molecule has 5 heteroatoms. The van der Waals surface area contributed by atoms with Crippen molar-refractivity contribution in [2.24, 2.45) is 0 Å². The van der Waals surface area contributed by atoms with Crippen LogP contribution in [0.1, 0.15) is 19.8 Å². The molecule has 0 unspecified atom stereocenters. The third kappa shape index (κ3) is 3.82. The van der Waals surface area contributed by atoms with E-state index in [-0.39, 0.29) is 6.03 Å². The number of amides is 2. The summed E-state index contributed by atoms with van der Waals surface area (Å²) in [5, 5.41) is 2.83. The maximum Gasteiger partial charge on any atom is 0.321 e. The summed E-state index contributed by atoms with van der Waals surface area (Å²) in [7, 11) is 1.59. The zero-order valence-electron chi connectivity index (χ0n) is 12.4. The second-order valence-electron chi connectivity index (χ2n) is 4.57. The molecule has 21 heavy (non-hydrogen) atoms. The van der Waals surface area contributed by atoms with Crippen LogP contribution in [0.2, 0.25) is 0 Å². The van der Waals surface area contributed by atoms with E-state index in [4.69, 9.17) is 9.47 Å². The number of ether oxygens (including phenoxy) is 2. The van der Waals surface area contributed by atoms with Gasteiger partial charge in [-0.25, -0.2) is 4.79 Å². The molecular formula is C16H20N2O3. The summed E-state index contributed by atoms with van der Waals surface area (Å²) in [6.07, 6.45) is 1.73. The molecule has 1 heterocycles. The van der Waals surface area contributed by atoms with Gasteiger partial charge in [0.1, 0.15) is 6.61 Å².